The first kappa shape index (κ1) is 12.5. The molecule has 0 aromatic carbocycles. The van der Waals surface area contributed by atoms with Gasteiger partial charge in [-0.3, -0.25) is 9.78 Å². The fourth-order valence-electron chi connectivity index (χ4n) is 1.38. The lowest BCUT2D eigenvalue weighted by atomic mass is 9.91. The van der Waals surface area contributed by atoms with E-state index in [2.05, 4.69) is 9.97 Å². The Hall–Kier alpha value is -1.97. The van der Waals surface area contributed by atoms with E-state index in [1.807, 2.05) is 32.9 Å². The lowest BCUT2D eigenvalue weighted by molar-refractivity contribution is -0.128. The van der Waals surface area contributed by atoms with Crippen LogP contribution in [-0.2, 0) is 4.79 Å². The number of rotatable bonds is 3. The highest BCUT2D eigenvalue weighted by molar-refractivity contribution is 5.85. The minimum absolute atomic E-state index is 0.0487. The lowest BCUT2D eigenvalue weighted by Gasteiger charge is -2.16. The molecule has 0 saturated carbocycles. The number of pyridine rings is 2. The Bertz CT molecular complexity index is 573. The first-order valence-electron chi connectivity index (χ1n) is 5.84. The quantitative estimate of drug-likeness (QED) is 0.832. The molecule has 94 valence electrons. The van der Waals surface area contributed by atoms with Crippen molar-refractivity contribution in [3.63, 3.8) is 0 Å². The third kappa shape index (κ3) is 2.83. The van der Waals surface area contributed by atoms with E-state index in [1.54, 1.807) is 18.5 Å². The number of hydrogen-bond donors (Lipinski definition) is 0. The van der Waals surface area contributed by atoms with Crippen LogP contribution in [0.5, 0.6) is 5.88 Å². The van der Waals surface area contributed by atoms with Gasteiger partial charge in [0.2, 0.25) is 5.88 Å². The van der Waals surface area contributed by atoms with Crippen molar-refractivity contribution in [3.8, 4) is 5.88 Å². The molecule has 4 heteroatoms. The molecule has 0 aliphatic heterocycles. The maximum absolute atomic E-state index is 11.7. The second-order valence-corrected chi connectivity index (χ2v) is 5.18. The number of ketones is 1. The van der Waals surface area contributed by atoms with Gasteiger partial charge in [0.05, 0.1) is 5.52 Å². The fourth-order valence-corrected chi connectivity index (χ4v) is 1.38. The topological polar surface area (TPSA) is 52.1 Å². The van der Waals surface area contributed by atoms with Crippen molar-refractivity contribution in [1.82, 2.24) is 9.97 Å². The Labute approximate surface area is 106 Å². The van der Waals surface area contributed by atoms with Gasteiger partial charge in [-0.25, -0.2) is 4.98 Å². The molecule has 0 N–H and O–H groups in total. The van der Waals surface area contributed by atoms with Crippen molar-refractivity contribution >= 4 is 16.7 Å². The van der Waals surface area contributed by atoms with E-state index in [0.717, 1.165) is 10.9 Å². The Morgan fingerprint density at radius 3 is 2.78 bits per heavy atom. The molecular formula is C14H16N2O2. The summed E-state index contributed by atoms with van der Waals surface area (Å²) >= 11 is 0. The van der Waals surface area contributed by atoms with Crippen molar-refractivity contribution in [2.45, 2.75) is 20.8 Å². The monoisotopic (exact) mass is 244 g/mol. The Morgan fingerprint density at radius 2 is 2.06 bits per heavy atom. The average molecular weight is 244 g/mol. The summed E-state index contributed by atoms with van der Waals surface area (Å²) in [4.78, 5) is 20.1. The lowest BCUT2D eigenvalue weighted by Crippen LogP contribution is -2.26. The van der Waals surface area contributed by atoms with E-state index in [4.69, 9.17) is 4.74 Å². The third-order valence-electron chi connectivity index (χ3n) is 2.65. The van der Waals surface area contributed by atoms with Gasteiger partial charge in [-0.1, -0.05) is 20.8 Å². The molecule has 0 aliphatic rings. The van der Waals surface area contributed by atoms with E-state index in [1.165, 1.54) is 0 Å². The largest absolute Gasteiger partial charge is 0.470 e. The summed E-state index contributed by atoms with van der Waals surface area (Å²) in [6.07, 6.45) is 3.42. The summed E-state index contributed by atoms with van der Waals surface area (Å²) < 4.78 is 5.42. The highest BCUT2D eigenvalue weighted by atomic mass is 16.5. The van der Waals surface area contributed by atoms with Gasteiger partial charge in [0.1, 0.15) is 6.61 Å². The van der Waals surface area contributed by atoms with Gasteiger partial charge < -0.3 is 4.74 Å². The summed E-state index contributed by atoms with van der Waals surface area (Å²) in [7, 11) is 0. The highest BCUT2D eigenvalue weighted by Crippen LogP contribution is 2.17. The summed E-state index contributed by atoms with van der Waals surface area (Å²) in [5.74, 6) is 0.519. The number of carbonyl (C=O) groups is 1. The summed E-state index contributed by atoms with van der Waals surface area (Å²) in [5.41, 5.74) is 0.423. The van der Waals surface area contributed by atoms with Crippen LogP contribution in [0.3, 0.4) is 0 Å². The minimum Gasteiger partial charge on any atom is -0.470 e. The Kier molecular flexibility index (Phi) is 3.28. The molecule has 0 aliphatic carbocycles. The highest BCUT2D eigenvalue weighted by Gasteiger charge is 2.21. The minimum atomic E-state index is -0.388. The third-order valence-corrected chi connectivity index (χ3v) is 2.65. The molecular weight excluding hydrogens is 228 g/mol. The SMILES string of the molecule is CC(C)(C)C(=O)COc1ccc2cnccc2n1. The first-order chi connectivity index (χ1) is 8.47. The zero-order valence-electron chi connectivity index (χ0n) is 10.8. The van der Waals surface area contributed by atoms with Crippen molar-refractivity contribution in [2.75, 3.05) is 6.61 Å². The molecule has 18 heavy (non-hydrogen) atoms. The van der Waals surface area contributed by atoms with Crippen LogP contribution in [0.15, 0.2) is 30.6 Å². The summed E-state index contributed by atoms with van der Waals surface area (Å²) in [6, 6.07) is 5.44. The van der Waals surface area contributed by atoms with Gasteiger partial charge in [-0.05, 0) is 12.1 Å². The molecule has 2 heterocycles. The normalized spacial score (nSPS) is 11.5. The summed E-state index contributed by atoms with van der Waals surface area (Å²) in [6.45, 7) is 5.67. The predicted octanol–water partition coefficient (Wildman–Crippen LogP) is 2.62. The van der Waals surface area contributed by atoms with E-state index >= 15 is 0 Å². The van der Waals surface area contributed by atoms with Gasteiger partial charge in [0.25, 0.3) is 0 Å². The van der Waals surface area contributed by atoms with Crippen LogP contribution in [0.4, 0.5) is 0 Å². The van der Waals surface area contributed by atoms with Crippen LogP contribution < -0.4 is 4.74 Å². The number of ether oxygens (including phenoxy) is 1. The van der Waals surface area contributed by atoms with E-state index in [9.17, 15) is 4.79 Å². The number of aromatic nitrogens is 2. The van der Waals surface area contributed by atoms with Gasteiger partial charge in [0, 0.05) is 29.3 Å². The number of Topliss-reactive ketones (excluding diaryl/α,β-unsaturated/α-hetero) is 1. The molecule has 2 aromatic rings. The molecule has 2 rings (SSSR count). The Morgan fingerprint density at radius 1 is 1.28 bits per heavy atom. The molecule has 0 unspecified atom stereocenters. The number of nitrogens with zero attached hydrogens (tertiary/aromatic N) is 2. The standard InChI is InChI=1S/C14H16N2O2/c1-14(2,3)12(17)9-18-13-5-4-10-8-15-7-6-11(10)16-13/h4-8H,9H2,1-3H3. The van der Waals surface area contributed by atoms with Crippen LogP contribution in [0, 0.1) is 5.41 Å². The predicted molar refractivity (Wildman–Crippen MR) is 69.5 cm³/mol. The van der Waals surface area contributed by atoms with Crippen molar-refractivity contribution in [1.29, 1.82) is 0 Å². The molecule has 0 bridgehead atoms. The van der Waals surface area contributed by atoms with E-state index < -0.39 is 0 Å². The van der Waals surface area contributed by atoms with Crippen LogP contribution in [-0.4, -0.2) is 22.4 Å². The van der Waals surface area contributed by atoms with E-state index in [-0.39, 0.29) is 17.8 Å². The van der Waals surface area contributed by atoms with Gasteiger partial charge in [-0.2, -0.15) is 0 Å². The number of carbonyl (C=O) groups excluding carboxylic acids is 1. The molecule has 2 aromatic heterocycles. The zero-order chi connectivity index (χ0) is 13.2. The second-order valence-electron chi connectivity index (χ2n) is 5.18. The smallest absolute Gasteiger partial charge is 0.214 e. The molecule has 4 nitrogen and oxygen atoms in total. The van der Waals surface area contributed by atoms with Crippen LogP contribution in [0.25, 0.3) is 10.9 Å². The zero-order valence-corrected chi connectivity index (χ0v) is 10.8. The maximum Gasteiger partial charge on any atom is 0.214 e. The molecule has 0 saturated heterocycles. The molecule has 0 fully saturated rings. The van der Waals surface area contributed by atoms with Gasteiger partial charge >= 0.3 is 0 Å². The molecule has 0 radical (unpaired) electrons. The molecule has 0 atom stereocenters. The summed E-state index contributed by atoms with van der Waals surface area (Å²) in [5, 5.41) is 0.951. The van der Waals surface area contributed by atoms with Crippen molar-refractivity contribution in [2.24, 2.45) is 5.41 Å². The molecule has 0 spiro atoms. The Balaban J connectivity index is 2.11. The first-order valence-corrected chi connectivity index (χ1v) is 5.84. The number of fused-ring (bicyclic) bond motifs is 1. The average Bonchev–Trinajstić information content (AvgIpc) is 2.34. The van der Waals surface area contributed by atoms with Crippen LogP contribution in [0.2, 0.25) is 0 Å². The van der Waals surface area contributed by atoms with Crippen LogP contribution >= 0.6 is 0 Å². The maximum atomic E-state index is 11.7. The van der Waals surface area contributed by atoms with Crippen LogP contribution in [0.1, 0.15) is 20.8 Å². The van der Waals surface area contributed by atoms with Gasteiger partial charge in [-0.15, -0.1) is 0 Å². The second kappa shape index (κ2) is 4.72. The van der Waals surface area contributed by atoms with E-state index in [0.29, 0.717) is 5.88 Å². The number of hydrogen-bond acceptors (Lipinski definition) is 4. The van der Waals surface area contributed by atoms with Crippen molar-refractivity contribution < 1.29 is 9.53 Å². The van der Waals surface area contributed by atoms with Gasteiger partial charge in [0.15, 0.2) is 5.78 Å². The fraction of sp³-hybridized carbons (Fsp3) is 0.357. The molecule has 0 amide bonds. The van der Waals surface area contributed by atoms with Crippen molar-refractivity contribution in [3.05, 3.63) is 30.6 Å².